The van der Waals surface area contributed by atoms with Gasteiger partial charge < -0.3 is 9.64 Å². The van der Waals surface area contributed by atoms with Crippen LogP contribution in [0, 0.1) is 0 Å². The lowest BCUT2D eigenvalue weighted by molar-refractivity contribution is -0.153. The van der Waals surface area contributed by atoms with Crippen LogP contribution in [0.2, 0.25) is 0 Å². The van der Waals surface area contributed by atoms with Crippen LogP contribution in [0.15, 0.2) is 30.3 Å². The standard InChI is InChI=1S/C15H17NO4/c1-10(17)14(18)16-9-8-12(13(16)15(19)20-2)11-6-4-3-5-7-11/h3-7,12-13H,8-9H2,1-2H3. The van der Waals surface area contributed by atoms with Gasteiger partial charge in [0.2, 0.25) is 5.78 Å². The Morgan fingerprint density at radius 1 is 1.20 bits per heavy atom. The van der Waals surface area contributed by atoms with Crippen molar-refractivity contribution in [2.75, 3.05) is 13.7 Å². The monoisotopic (exact) mass is 275 g/mol. The quantitative estimate of drug-likeness (QED) is 0.613. The Morgan fingerprint density at radius 2 is 1.85 bits per heavy atom. The van der Waals surface area contributed by atoms with Crippen LogP contribution in [0.4, 0.5) is 0 Å². The van der Waals surface area contributed by atoms with Crippen LogP contribution in [-0.2, 0) is 19.1 Å². The molecule has 0 saturated carbocycles. The molecule has 1 aromatic rings. The molecule has 20 heavy (non-hydrogen) atoms. The van der Waals surface area contributed by atoms with E-state index in [1.165, 1.54) is 18.9 Å². The van der Waals surface area contributed by atoms with Gasteiger partial charge in [0.05, 0.1) is 7.11 Å². The average molecular weight is 275 g/mol. The van der Waals surface area contributed by atoms with Crippen molar-refractivity contribution < 1.29 is 19.1 Å². The van der Waals surface area contributed by atoms with Crippen molar-refractivity contribution in [1.29, 1.82) is 0 Å². The van der Waals surface area contributed by atoms with E-state index in [1.807, 2.05) is 30.3 Å². The number of rotatable bonds is 3. The van der Waals surface area contributed by atoms with Gasteiger partial charge in [-0.15, -0.1) is 0 Å². The number of hydrogen-bond donors (Lipinski definition) is 0. The van der Waals surface area contributed by atoms with E-state index in [2.05, 4.69) is 0 Å². The van der Waals surface area contributed by atoms with Gasteiger partial charge in [-0.25, -0.2) is 4.79 Å². The lowest BCUT2D eigenvalue weighted by Crippen LogP contribution is -2.45. The zero-order chi connectivity index (χ0) is 14.7. The largest absolute Gasteiger partial charge is 0.467 e. The summed E-state index contributed by atoms with van der Waals surface area (Å²) in [6, 6.07) is 8.78. The van der Waals surface area contributed by atoms with Crippen molar-refractivity contribution in [3.05, 3.63) is 35.9 Å². The number of carbonyl (C=O) groups excluding carboxylic acids is 3. The number of ketones is 1. The summed E-state index contributed by atoms with van der Waals surface area (Å²) in [5.74, 6) is -1.80. The van der Waals surface area contributed by atoms with Gasteiger partial charge in [-0.3, -0.25) is 9.59 Å². The van der Waals surface area contributed by atoms with Gasteiger partial charge in [0.15, 0.2) is 0 Å². The molecule has 2 rings (SSSR count). The Morgan fingerprint density at radius 3 is 2.40 bits per heavy atom. The molecule has 1 heterocycles. The number of Topliss-reactive ketones (excluding diaryl/α,β-unsaturated/α-hetero) is 1. The summed E-state index contributed by atoms with van der Waals surface area (Å²) in [6.07, 6.45) is 0.642. The molecule has 1 amide bonds. The number of benzene rings is 1. The van der Waals surface area contributed by atoms with Crippen LogP contribution in [0.1, 0.15) is 24.8 Å². The van der Waals surface area contributed by atoms with Crippen molar-refractivity contribution in [1.82, 2.24) is 4.90 Å². The number of carbonyl (C=O) groups is 3. The third-order valence-corrected chi connectivity index (χ3v) is 3.63. The molecule has 1 aromatic carbocycles. The highest BCUT2D eigenvalue weighted by molar-refractivity contribution is 6.35. The van der Waals surface area contributed by atoms with Crippen molar-refractivity contribution in [2.24, 2.45) is 0 Å². The molecule has 1 saturated heterocycles. The first-order chi connectivity index (χ1) is 9.56. The number of methoxy groups -OCH3 is 1. The van der Waals surface area contributed by atoms with Crippen molar-refractivity contribution in [3.63, 3.8) is 0 Å². The summed E-state index contributed by atoms with van der Waals surface area (Å²) in [6.45, 7) is 1.60. The van der Waals surface area contributed by atoms with Crippen LogP contribution in [-0.4, -0.2) is 42.3 Å². The maximum absolute atomic E-state index is 12.0. The van der Waals surface area contributed by atoms with Gasteiger partial charge in [-0.1, -0.05) is 30.3 Å². The van der Waals surface area contributed by atoms with E-state index >= 15 is 0 Å². The second-order valence-corrected chi connectivity index (χ2v) is 4.83. The molecule has 1 fully saturated rings. The Bertz CT molecular complexity index is 526. The minimum Gasteiger partial charge on any atom is -0.467 e. The minimum absolute atomic E-state index is 0.132. The van der Waals surface area contributed by atoms with Gasteiger partial charge in [-0.05, 0) is 12.0 Å². The molecule has 5 nitrogen and oxygen atoms in total. The third kappa shape index (κ3) is 2.57. The number of hydrogen-bond acceptors (Lipinski definition) is 4. The topological polar surface area (TPSA) is 63.7 Å². The predicted molar refractivity (Wildman–Crippen MR) is 72.0 cm³/mol. The van der Waals surface area contributed by atoms with Crippen LogP contribution >= 0.6 is 0 Å². The molecule has 1 aliphatic heterocycles. The Balaban J connectivity index is 2.33. The first-order valence-electron chi connectivity index (χ1n) is 6.50. The van der Waals surface area contributed by atoms with Gasteiger partial charge in [0.1, 0.15) is 6.04 Å². The Labute approximate surface area is 117 Å². The fourth-order valence-electron chi connectivity index (χ4n) is 2.68. The van der Waals surface area contributed by atoms with E-state index in [0.717, 1.165) is 5.56 Å². The van der Waals surface area contributed by atoms with Crippen molar-refractivity contribution in [2.45, 2.75) is 25.3 Å². The Hall–Kier alpha value is -2.17. The zero-order valence-electron chi connectivity index (χ0n) is 11.5. The normalized spacial score (nSPS) is 21.6. The van der Waals surface area contributed by atoms with Crippen LogP contribution in [0.3, 0.4) is 0 Å². The number of nitrogens with zero attached hydrogens (tertiary/aromatic N) is 1. The lowest BCUT2D eigenvalue weighted by Gasteiger charge is -2.25. The summed E-state index contributed by atoms with van der Waals surface area (Å²) in [7, 11) is 1.29. The summed E-state index contributed by atoms with van der Waals surface area (Å²) < 4.78 is 4.80. The van der Waals surface area contributed by atoms with E-state index < -0.39 is 23.7 Å². The predicted octanol–water partition coefficient (Wildman–Crippen LogP) is 1.13. The second kappa shape index (κ2) is 5.86. The lowest BCUT2D eigenvalue weighted by atomic mass is 9.91. The van der Waals surface area contributed by atoms with Crippen LogP contribution in [0.25, 0.3) is 0 Å². The maximum Gasteiger partial charge on any atom is 0.329 e. The van der Waals surface area contributed by atoms with Gasteiger partial charge in [0.25, 0.3) is 5.91 Å². The molecule has 0 spiro atoms. The molecule has 0 radical (unpaired) electrons. The van der Waals surface area contributed by atoms with Crippen molar-refractivity contribution >= 4 is 17.7 Å². The summed E-state index contributed by atoms with van der Waals surface area (Å²) in [5.41, 5.74) is 0.974. The SMILES string of the molecule is COC(=O)C1C(c2ccccc2)CCN1C(=O)C(C)=O. The van der Waals surface area contributed by atoms with Gasteiger partial charge in [0, 0.05) is 19.4 Å². The molecular weight excluding hydrogens is 258 g/mol. The average Bonchev–Trinajstić information content (AvgIpc) is 2.91. The first kappa shape index (κ1) is 14.2. The molecule has 0 N–H and O–H groups in total. The van der Waals surface area contributed by atoms with Crippen LogP contribution < -0.4 is 0 Å². The fourth-order valence-corrected chi connectivity index (χ4v) is 2.68. The third-order valence-electron chi connectivity index (χ3n) is 3.63. The van der Waals surface area contributed by atoms with E-state index in [0.29, 0.717) is 13.0 Å². The van der Waals surface area contributed by atoms with Crippen LogP contribution in [0.5, 0.6) is 0 Å². The molecule has 0 aromatic heterocycles. The number of esters is 1. The van der Waals surface area contributed by atoms with E-state index in [9.17, 15) is 14.4 Å². The first-order valence-corrected chi connectivity index (χ1v) is 6.50. The van der Waals surface area contributed by atoms with E-state index in [-0.39, 0.29) is 5.92 Å². The zero-order valence-corrected chi connectivity index (χ0v) is 11.5. The minimum atomic E-state index is -0.723. The molecule has 1 aliphatic rings. The van der Waals surface area contributed by atoms with E-state index in [4.69, 9.17) is 4.74 Å². The smallest absolute Gasteiger partial charge is 0.329 e. The number of amides is 1. The molecule has 2 unspecified atom stereocenters. The molecular formula is C15H17NO4. The Kier molecular flexibility index (Phi) is 4.17. The van der Waals surface area contributed by atoms with E-state index in [1.54, 1.807) is 0 Å². The summed E-state index contributed by atoms with van der Waals surface area (Å²) in [5, 5.41) is 0. The highest BCUT2D eigenvalue weighted by atomic mass is 16.5. The summed E-state index contributed by atoms with van der Waals surface area (Å²) in [4.78, 5) is 36.5. The highest BCUT2D eigenvalue weighted by Crippen LogP contribution is 2.34. The molecule has 106 valence electrons. The number of ether oxygens (including phenoxy) is 1. The fraction of sp³-hybridized carbons (Fsp3) is 0.400. The second-order valence-electron chi connectivity index (χ2n) is 4.83. The van der Waals surface area contributed by atoms with Crippen molar-refractivity contribution in [3.8, 4) is 0 Å². The molecule has 5 heteroatoms. The molecule has 2 atom stereocenters. The van der Waals surface area contributed by atoms with Gasteiger partial charge in [-0.2, -0.15) is 0 Å². The maximum atomic E-state index is 12.0. The highest BCUT2D eigenvalue weighted by Gasteiger charge is 2.44. The number of likely N-dealkylation sites (tertiary alicyclic amines) is 1. The molecule has 0 aliphatic carbocycles. The van der Waals surface area contributed by atoms with Gasteiger partial charge >= 0.3 is 5.97 Å². The summed E-state index contributed by atoms with van der Waals surface area (Å²) >= 11 is 0. The molecule has 0 bridgehead atoms.